The third-order valence-corrected chi connectivity index (χ3v) is 3.31. The van der Waals surface area contributed by atoms with E-state index in [9.17, 15) is 19.2 Å². The molecule has 4 amide bonds. The van der Waals surface area contributed by atoms with Gasteiger partial charge in [0.15, 0.2) is 0 Å². The predicted octanol–water partition coefficient (Wildman–Crippen LogP) is 0.474. The van der Waals surface area contributed by atoms with Gasteiger partial charge in [-0.2, -0.15) is 0 Å². The van der Waals surface area contributed by atoms with Crippen LogP contribution >= 0.6 is 0 Å². The third kappa shape index (κ3) is 1.65. The maximum Gasteiger partial charge on any atom is 0.263 e. The van der Waals surface area contributed by atoms with E-state index in [1.54, 1.807) is 18.2 Å². The molecule has 6 nitrogen and oxygen atoms in total. The lowest BCUT2D eigenvalue weighted by molar-refractivity contribution is -0.138. The highest BCUT2D eigenvalue weighted by Gasteiger charge is 2.38. The summed E-state index contributed by atoms with van der Waals surface area (Å²) in [6.07, 6.45) is 2.23. The highest BCUT2D eigenvalue weighted by atomic mass is 16.2. The highest BCUT2D eigenvalue weighted by Crippen LogP contribution is 2.24. The number of nitrogens with zero attached hydrogens (tertiary/aromatic N) is 2. The van der Waals surface area contributed by atoms with Crippen molar-refractivity contribution < 1.29 is 19.2 Å². The molecule has 1 aromatic carbocycles. The fourth-order valence-electron chi connectivity index (χ4n) is 2.24. The molecule has 2 heterocycles. The third-order valence-electron chi connectivity index (χ3n) is 3.31. The van der Waals surface area contributed by atoms with E-state index in [4.69, 9.17) is 0 Å². The Bertz CT molecular complexity index is 687. The molecule has 0 bridgehead atoms. The topological polar surface area (TPSA) is 74.8 Å². The number of imide groups is 2. The first-order chi connectivity index (χ1) is 9.49. The molecule has 0 radical (unpaired) electrons. The Labute approximate surface area is 114 Å². The number of hydrogen-bond acceptors (Lipinski definition) is 4. The van der Waals surface area contributed by atoms with Crippen molar-refractivity contribution in [2.75, 3.05) is 6.67 Å². The Kier molecular flexibility index (Phi) is 2.53. The average Bonchev–Trinajstić information content (AvgIpc) is 2.84. The van der Waals surface area contributed by atoms with Gasteiger partial charge >= 0.3 is 0 Å². The van der Waals surface area contributed by atoms with E-state index in [2.05, 4.69) is 0 Å². The van der Waals surface area contributed by atoms with E-state index >= 15 is 0 Å². The zero-order chi connectivity index (χ0) is 14.4. The lowest BCUT2D eigenvalue weighted by atomic mass is 10.1. The largest absolute Gasteiger partial charge is 0.269 e. The molecule has 0 saturated carbocycles. The van der Waals surface area contributed by atoms with E-state index in [-0.39, 0.29) is 6.67 Å². The molecular formula is C14H10N2O4. The van der Waals surface area contributed by atoms with Crippen molar-refractivity contribution in [2.45, 2.75) is 6.92 Å². The van der Waals surface area contributed by atoms with Gasteiger partial charge in [-0.15, -0.1) is 0 Å². The minimum Gasteiger partial charge on any atom is -0.269 e. The lowest BCUT2D eigenvalue weighted by Gasteiger charge is -2.20. The number of carbonyl (C=O) groups excluding carboxylic acids is 4. The van der Waals surface area contributed by atoms with Gasteiger partial charge in [0.2, 0.25) is 0 Å². The number of fused-ring (bicyclic) bond motifs is 1. The molecule has 0 atom stereocenters. The number of rotatable bonds is 2. The monoisotopic (exact) mass is 270 g/mol. The van der Waals surface area contributed by atoms with Gasteiger partial charge < -0.3 is 0 Å². The second-order valence-electron chi connectivity index (χ2n) is 4.67. The summed E-state index contributed by atoms with van der Waals surface area (Å²) in [5.41, 5.74) is 1.47. The smallest absolute Gasteiger partial charge is 0.263 e. The molecule has 0 spiro atoms. The first-order valence-electron chi connectivity index (χ1n) is 5.99. The van der Waals surface area contributed by atoms with Crippen LogP contribution in [0.2, 0.25) is 0 Å². The van der Waals surface area contributed by atoms with Gasteiger partial charge in [-0.25, -0.2) is 0 Å². The lowest BCUT2D eigenvalue weighted by Crippen LogP contribution is -2.43. The van der Waals surface area contributed by atoms with E-state index in [1.165, 1.54) is 0 Å². The van der Waals surface area contributed by atoms with Crippen molar-refractivity contribution in [1.29, 1.82) is 0 Å². The molecule has 2 aliphatic heterocycles. The Morgan fingerprint density at radius 2 is 1.45 bits per heavy atom. The molecular weight excluding hydrogens is 260 g/mol. The molecule has 2 aliphatic rings. The Morgan fingerprint density at radius 3 is 2.10 bits per heavy atom. The normalized spacial score (nSPS) is 17.4. The Morgan fingerprint density at radius 1 is 0.850 bits per heavy atom. The first kappa shape index (κ1) is 12.3. The van der Waals surface area contributed by atoms with Crippen LogP contribution in [0.3, 0.4) is 0 Å². The summed E-state index contributed by atoms with van der Waals surface area (Å²) in [4.78, 5) is 49.1. The van der Waals surface area contributed by atoms with Crippen LogP contribution in [0, 0.1) is 6.92 Å². The highest BCUT2D eigenvalue weighted by molar-refractivity contribution is 6.22. The maximum atomic E-state index is 12.2. The van der Waals surface area contributed by atoms with Crippen molar-refractivity contribution >= 4 is 23.6 Å². The zero-order valence-electron chi connectivity index (χ0n) is 10.6. The summed E-state index contributed by atoms with van der Waals surface area (Å²) >= 11 is 0. The molecule has 0 saturated heterocycles. The van der Waals surface area contributed by atoms with Crippen LogP contribution in [-0.2, 0) is 9.59 Å². The van der Waals surface area contributed by atoms with Crippen molar-refractivity contribution in [1.82, 2.24) is 9.80 Å². The molecule has 0 unspecified atom stereocenters. The summed E-state index contributed by atoms with van der Waals surface area (Å²) in [6, 6.07) is 4.94. The fourth-order valence-corrected chi connectivity index (χ4v) is 2.24. The Balaban J connectivity index is 1.91. The van der Waals surface area contributed by atoms with Crippen molar-refractivity contribution in [3.8, 4) is 0 Å². The quantitative estimate of drug-likeness (QED) is 0.732. The summed E-state index contributed by atoms with van der Waals surface area (Å²) in [6.45, 7) is 1.47. The van der Waals surface area contributed by atoms with Gasteiger partial charge in [-0.05, 0) is 19.1 Å². The minimum atomic E-state index is -0.525. The van der Waals surface area contributed by atoms with Crippen LogP contribution in [-0.4, -0.2) is 40.1 Å². The zero-order valence-corrected chi connectivity index (χ0v) is 10.6. The van der Waals surface area contributed by atoms with Crippen LogP contribution in [0.1, 0.15) is 26.3 Å². The molecule has 20 heavy (non-hydrogen) atoms. The van der Waals surface area contributed by atoms with E-state index in [0.717, 1.165) is 27.5 Å². The van der Waals surface area contributed by atoms with Gasteiger partial charge in [0.1, 0.15) is 6.67 Å². The summed E-state index contributed by atoms with van der Waals surface area (Å²) in [5, 5.41) is 0. The summed E-state index contributed by atoms with van der Waals surface area (Å²) in [5.74, 6) is -2.02. The second-order valence-corrected chi connectivity index (χ2v) is 4.67. The average molecular weight is 270 g/mol. The SMILES string of the molecule is Cc1ccc2c(c1)C(=O)N(CN1C(=O)C=CC1=O)C2=O. The number of aryl methyl sites for hydroxylation is 1. The van der Waals surface area contributed by atoms with E-state index < -0.39 is 23.6 Å². The van der Waals surface area contributed by atoms with Gasteiger partial charge in [-0.1, -0.05) is 11.6 Å². The molecule has 0 aromatic heterocycles. The summed E-state index contributed by atoms with van der Waals surface area (Å²) in [7, 11) is 0. The maximum absolute atomic E-state index is 12.2. The molecule has 3 rings (SSSR count). The Hall–Kier alpha value is -2.76. The molecule has 6 heteroatoms. The molecule has 0 fully saturated rings. The van der Waals surface area contributed by atoms with Gasteiger partial charge in [-0.3, -0.25) is 29.0 Å². The van der Waals surface area contributed by atoms with Crippen LogP contribution in [0.4, 0.5) is 0 Å². The van der Waals surface area contributed by atoms with Gasteiger partial charge in [0.25, 0.3) is 23.6 Å². The fraction of sp³-hybridized carbons (Fsp3) is 0.143. The van der Waals surface area contributed by atoms with Crippen LogP contribution in [0.25, 0.3) is 0 Å². The first-order valence-corrected chi connectivity index (χ1v) is 5.99. The number of benzene rings is 1. The van der Waals surface area contributed by atoms with Gasteiger partial charge in [0, 0.05) is 12.2 Å². The number of hydrogen-bond donors (Lipinski definition) is 0. The van der Waals surface area contributed by atoms with Crippen LogP contribution in [0.15, 0.2) is 30.4 Å². The van der Waals surface area contributed by atoms with E-state index in [1.807, 2.05) is 6.92 Å². The van der Waals surface area contributed by atoms with Crippen molar-refractivity contribution in [3.05, 3.63) is 47.0 Å². The van der Waals surface area contributed by atoms with Crippen LogP contribution in [0.5, 0.6) is 0 Å². The standard InChI is InChI=1S/C14H10N2O4/c1-8-2-3-9-10(6-8)14(20)16(13(9)19)7-15-11(17)4-5-12(15)18/h2-6H,7H2,1H3. The van der Waals surface area contributed by atoms with E-state index in [0.29, 0.717) is 11.1 Å². The molecule has 0 aliphatic carbocycles. The van der Waals surface area contributed by atoms with Crippen molar-refractivity contribution in [3.63, 3.8) is 0 Å². The summed E-state index contributed by atoms with van der Waals surface area (Å²) < 4.78 is 0. The molecule has 0 N–H and O–H groups in total. The van der Waals surface area contributed by atoms with Crippen LogP contribution < -0.4 is 0 Å². The number of amides is 4. The second kappa shape index (κ2) is 4.12. The number of carbonyl (C=O) groups is 4. The molecule has 1 aromatic rings. The predicted molar refractivity (Wildman–Crippen MR) is 67.5 cm³/mol. The van der Waals surface area contributed by atoms with Gasteiger partial charge in [0.05, 0.1) is 11.1 Å². The minimum absolute atomic E-state index is 0.299. The van der Waals surface area contributed by atoms with Crippen molar-refractivity contribution in [2.24, 2.45) is 0 Å². The molecule has 100 valence electrons.